The van der Waals surface area contributed by atoms with Gasteiger partial charge in [-0.05, 0) is 66.8 Å². The second kappa shape index (κ2) is 8.02. The van der Waals surface area contributed by atoms with Crippen LogP contribution in [0.1, 0.15) is 18.4 Å². The Balaban J connectivity index is 1.08. The van der Waals surface area contributed by atoms with Crippen molar-refractivity contribution in [2.75, 3.05) is 16.3 Å². The van der Waals surface area contributed by atoms with E-state index >= 15 is 0 Å². The summed E-state index contributed by atoms with van der Waals surface area (Å²) in [7, 11) is 0. The number of hydrogen-bond acceptors (Lipinski definition) is 5. The van der Waals surface area contributed by atoms with E-state index in [1.165, 1.54) is 4.90 Å². The van der Waals surface area contributed by atoms with E-state index in [4.69, 9.17) is 16.3 Å². The van der Waals surface area contributed by atoms with Gasteiger partial charge in [-0.15, -0.1) is 0 Å². The van der Waals surface area contributed by atoms with Gasteiger partial charge in [-0.1, -0.05) is 35.9 Å². The standard InChI is InChI=1S/C29H25ClN2O5/c1-14-22(30)6-3-7-23(14)31-13-15(10-24(31)33)29(36)37-17-5-2-4-16(11-17)32-27(34)25-18-8-9-19(21-12-20(18)21)26(25)28(32)35/h2-9,11,15,18-21,25-26H,10,12-13H2,1H3/t15-,18+,19+,20-,21+,25-,26+/m1/s1. The number of benzene rings is 2. The molecule has 3 amide bonds. The van der Waals surface area contributed by atoms with E-state index in [0.717, 1.165) is 12.0 Å². The lowest BCUT2D eigenvalue weighted by Gasteiger charge is -2.37. The van der Waals surface area contributed by atoms with Crippen LogP contribution >= 0.6 is 11.6 Å². The Bertz CT molecular complexity index is 1380. The monoisotopic (exact) mass is 516 g/mol. The van der Waals surface area contributed by atoms with Crippen molar-refractivity contribution in [2.24, 2.45) is 41.4 Å². The Morgan fingerprint density at radius 3 is 2.35 bits per heavy atom. The van der Waals surface area contributed by atoms with Crippen molar-refractivity contribution in [3.05, 3.63) is 65.2 Å². The quantitative estimate of drug-likeness (QED) is 0.264. The number of halogens is 1. The molecule has 0 N–H and O–H groups in total. The summed E-state index contributed by atoms with van der Waals surface area (Å²) >= 11 is 6.22. The van der Waals surface area contributed by atoms with E-state index in [1.807, 2.05) is 13.0 Å². The second-order valence-electron chi connectivity index (χ2n) is 10.9. The first-order valence-corrected chi connectivity index (χ1v) is 13.1. The number of nitrogens with zero attached hydrogens (tertiary/aromatic N) is 2. The first kappa shape index (κ1) is 22.7. The van der Waals surface area contributed by atoms with Crippen molar-refractivity contribution >= 4 is 46.7 Å². The third-order valence-electron chi connectivity index (χ3n) is 8.95. The summed E-state index contributed by atoms with van der Waals surface area (Å²) in [5, 5.41) is 0.555. The van der Waals surface area contributed by atoms with Crippen LogP contribution in [0, 0.1) is 48.3 Å². The molecule has 2 aliphatic heterocycles. The van der Waals surface area contributed by atoms with Crippen LogP contribution in [-0.4, -0.2) is 30.2 Å². The van der Waals surface area contributed by atoms with E-state index in [1.54, 1.807) is 41.3 Å². The number of rotatable bonds is 4. The second-order valence-corrected chi connectivity index (χ2v) is 11.3. The number of imide groups is 1. The van der Waals surface area contributed by atoms with Gasteiger partial charge in [-0.2, -0.15) is 0 Å². The molecular formula is C29H25ClN2O5. The fourth-order valence-corrected chi connectivity index (χ4v) is 7.25. The van der Waals surface area contributed by atoms with E-state index in [9.17, 15) is 19.2 Å². The van der Waals surface area contributed by atoms with E-state index < -0.39 is 11.9 Å². The Kier molecular flexibility index (Phi) is 4.93. The molecule has 2 heterocycles. The van der Waals surface area contributed by atoms with Crippen molar-refractivity contribution in [3.8, 4) is 5.75 Å². The molecule has 4 fully saturated rings. The van der Waals surface area contributed by atoms with E-state index in [0.29, 0.717) is 28.2 Å². The van der Waals surface area contributed by atoms with Crippen molar-refractivity contribution in [3.63, 3.8) is 0 Å². The molecule has 6 aliphatic rings. The molecule has 0 radical (unpaired) electrons. The average molecular weight is 517 g/mol. The summed E-state index contributed by atoms with van der Waals surface area (Å²) in [4.78, 5) is 55.4. The predicted molar refractivity (Wildman–Crippen MR) is 136 cm³/mol. The minimum absolute atomic E-state index is 0.0368. The van der Waals surface area contributed by atoms with Crippen molar-refractivity contribution in [1.82, 2.24) is 0 Å². The maximum Gasteiger partial charge on any atom is 0.316 e. The van der Waals surface area contributed by atoms with Crippen molar-refractivity contribution < 1.29 is 23.9 Å². The summed E-state index contributed by atoms with van der Waals surface area (Å²) in [6.07, 6.45) is 5.43. The number of esters is 1. The minimum atomic E-state index is -0.638. The number of ether oxygens (including phenoxy) is 1. The zero-order valence-corrected chi connectivity index (χ0v) is 20.9. The van der Waals surface area contributed by atoms with Gasteiger partial charge in [0.2, 0.25) is 17.7 Å². The number of hydrogen-bond donors (Lipinski definition) is 0. The summed E-state index contributed by atoms with van der Waals surface area (Å²) in [5.41, 5.74) is 1.88. The van der Waals surface area contributed by atoms with Crippen molar-refractivity contribution in [2.45, 2.75) is 19.8 Å². The molecule has 7 atom stereocenters. The summed E-state index contributed by atoms with van der Waals surface area (Å²) in [6, 6.07) is 11.9. The highest BCUT2D eigenvalue weighted by molar-refractivity contribution is 6.31. The number of carbonyl (C=O) groups is 4. The van der Waals surface area contributed by atoms with Gasteiger partial charge in [0.1, 0.15) is 5.75 Å². The molecule has 0 spiro atoms. The molecular weight excluding hydrogens is 492 g/mol. The summed E-state index contributed by atoms with van der Waals surface area (Å²) in [6.45, 7) is 2.03. The van der Waals surface area contributed by atoms with Crippen LogP contribution in [0.15, 0.2) is 54.6 Å². The molecule has 2 saturated heterocycles. The van der Waals surface area contributed by atoms with Crippen LogP contribution in [0.4, 0.5) is 11.4 Å². The highest BCUT2D eigenvalue weighted by Gasteiger charge is 2.67. The van der Waals surface area contributed by atoms with Gasteiger partial charge in [-0.3, -0.25) is 19.2 Å². The molecule has 7 nitrogen and oxygen atoms in total. The number of allylic oxidation sites excluding steroid dienone is 2. The zero-order valence-electron chi connectivity index (χ0n) is 20.2. The Morgan fingerprint density at radius 1 is 0.973 bits per heavy atom. The lowest BCUT2D eigenvalue weighted by Crippen LogP contribution is -2.40. The highest BCUT2D eigenvalue weighted by atomic mass is 35.5. The van der Waals surface area contributed by atoms with Crippen LogP contribution < -0.4 is 14.5 Å². The number of carbonyl (C=O) groups excluding carboxylic acids is 4. The molecule has 0 aromatic heterocycles. The van der Waals surface area contributed by atoms with Crippen LogP contribution in [0.5, 0.6) is 5.75 Å². The number of amides is 3. The van der Waals surface area contributed by atoms with Gasteiger partial charge in [0.05, 0.1) is 23.4 Å². The maximum atomic E-state index is 13.4. The first-order chi connectivity index (χ1) is 17.8. The van der Waals surface area contributed by atoms with E-state index in [2.05, 4.69) is 12.2 Å². The maximum absolute atomic E-state index is 13.4. The smallest absolute Gasteiger partial charge is 0.316 e. The third-order valence-corrected chi connectivity index (χ3v) is 9.35. The summed E-state index contributed by atoms with van der Waals surface area (Å²) in [5.74, 6) is -0.621. The SMILES string of the molecule is Cc1c(Cl)cccc1N1C[C@H](C(=O)Oc2cccc(N3C(=O)[C@@H]4[C@H]5C=C[C@@H]([C@@H]6C[C@H]56)[C@@H]4C3=O)c2)CC1=O. The minimum Gasteiger partial charge on any atom is -0.426 e. The molecule has 2 saturated carbocycles. The fourth-order valence-electron chi connectivity index (χ4n) is 7.08. The van der Waals surface area contributed by atoms with Crippen LogP contribution in [0.3, 0.4) is 0 Å². The van der Waals surface area contributed by atoms with Gasteiger partial charge in [0, 0.05) is 29.7 Å². The Morgan fingerprint density at radius 2 is 1.65 bits per heavy atom. The predicted octanol–water partition coefficient (Wildman–Crippen LogP) is 4.16. The molecule has 8 heteroatoms. The Labute approximate surface area is 219 Å². The first-order valence-electron chi connectivity index (χ1n) is 12.8. The molecule has 4 aliphatic carbocycles. The van der Waals surface area contributed by atoms with Gasteiger partial charge in [-0.25, -0.2) is 4.90 Å². The molecule has 2 bridgehead atoms. The topological polar surface area (TPSA) is 84.0 Å². The molecule has 2 aromatic carbocycles. The molecule has 2 aromatic rings. The lowest BCUT2D eigenvalue weighted by molar-refractivity contribution is -0.139. The third kappa shape index (κ3) is 3.33. The lowest BCUT2D eigenvalue weighted by atomic mass is 9.63. The normalized spacial score (nSPS) is 33.1. The zero-order chi connectivity index (χ0) is 25.6. The molecule has 8 rings (SSSR count). The summed E-state index contributed by atoms with van der Waals surface area (Å²) < 4.78 is 5.65. The largest absolute Gasteiger partial charge is 0.426 e. The number of anilines is 2. The highest BCUT2D eigenvalue weighted by Crippen LogP contribution is 2.65. The van der Waals surface area contributed by atoms with Crippen LogP contribution in [0.2, 0.25) is 5.02 Å². The molecule has 0 unspecified atom stereocenters. The van der Waals surface area contributed by atoms with Gasteiger partial charge < -0.3 is 9.64 Å². The molecule has 37 heavy (non-hydrogen) atoms. The van der Waals surface area contributed by atoms with Gasteiger partial charge in [0.25, 0.3) is 0 Å². The average Bonchev–Trinajstić information content (AvgIpc) is 3.56. The Hall–Kier alpha value is -3.45. The van der Waals surface area contributed by atoms with Gasteiger partial charge in [0.15, 0.2) is 0 Å². The van der Waals surface area contributed by atoms with Crippen molar-refractivity contribution in [1.29, 1.82) is 0 Å². The van der Waals surface area contributed by atoms with Gasteiger partial charge >= 0.3 is 5.97 Å². The fraction of sp³-hybridized carbons (Fsp3) is 0.379. The van der Waals surface area contributed by atoms with E-state index in [-0.39, 0.29) is 60.1 Å². The van der Waals surface area contributed by atoms with Crippen LogP contribution in [-0.2, 0) is 19.2 Å². The van der Waals surface area contributed by atoms with Crippen LogP contribution in [0.25, 0.3) is 0 Å². The molecule has 188 valence electrons.